The third kappa shape index (κ3) is 2.97. The van der Waals surface area contributed by atoms with Crippen molar-refractivity contribution >= 4 is 28.3 Å². The highest BCUT2D eigenvalue weighted by Gasteiger charge is 2.21. The van der Waals surface area contributed by atoms with Crippen molar-refractivity contribution < 1.29 is 13.5 Å². The molecule has 142 valence electrons. The first-order chi connectivity index (χ1) is 13.5. The minimum atomic E-state index is -0.948. The molecule has 28 heavy (non-hydrogen) atoms. The molecule has 0 unspecified atom stereocenters. The summed E-state index contributed by atoms with van der Waals surface area (Å²) in [6.45, 7) is 1.75. The summed E-state index contributed by atoms with van der Waals surface area (Å²) in [4.78, 5) is 16.4. The number of hydrogen-bond donors (Lipinski definition) is 2. The molecule has 0 aliphatic carbocycles. The van der Waals surface area contributed by atoms with Gasteiger partial charge in [-0.25, -0.2) is 28.7 Å². The molecule has 0 saturated heterocycles. The Kier molecular flexibility index (Phi) is 4.47. The van der Waals surface area contributed by atoms with E-state index in [0.29, 0.717) is 11.2 Å². The zero-order valence-electron chi connectivity index (χ0n) is 14.3. The molecule has 0 bridgehead atoms. The van der Waals surface area contributed by atoms with Crippen molar-refractivity contribution in [3.8, 4) is 17.0 Å². The third-order valence-corrected chi connectivity index (χ3v) is 4.42. The van der Waals surface area contributed by atoms with Crippen molar-refractivity contribution in [1.29, 1.82) is 0 Å². The van der Waals surface area contributed by atoms with E-state index >= 15 is 0 Å². The Morgan fingerprint density at radius 1 is 1.14 bits per heavy atom. The molecule has 4 rings (SSSR count). The molecule has 1 atom stereocenters. The Bertz CT molecular complexity index is 1170. The van der Waals surface area contributed by atoms with Crippen LogP contribution in [0.2, 0.25) is 5.02 Å². The van der Waals surface area contributed by atoms with Crippen molar-refractivity contribution in [2.75, 3.05) is 5.73 Å². The zero-order valence-corrected chi connectivity index (χ0v) is 15.1. The Labute approximate surface area is 161 Å². The molecule has 0 aliphatic heterocycles. The van der Waals surface area contributed by atoms with Gasteiger partial charge in [0.15, 0.2) is 23.5 Å². The van der Waals surface area contributed by atoms with Gasteiger partial charge in [0.05, 0.1) is 17.3 Å². The highest BCUT2D eigenvalue weighted by molar-refractivity contribution is 6.31. The third-order valence-electron chi connectivity index (χ3n) is 4.07. The number of nitrogens with two attached hydrogens (primary N) is 1. The second kappa shape index (κ2) is 6.97. The fourth-order valence-corrected chi connectivity index (χ4v) is 2.89. The van der Waals surface area contributed by atoms with Crippen LogP contribution in [-0.4, -0.2) is 30.1 Å². The summed E-state index contributed by atoms with van der Waals surface area (Å²) in [6.07, 6.45) is 3.43. The summed E-state index contributed by atoms with van der Waals surface area (Å²) in [7, 11) is 0. The van der Waals surface area contributed by atoms with Gasteiger partial charge in [0.2, 0.25) is 0 Å². The standard InChI is InChI=1S/C17H12ClF2N7O/c1-7(17-25-6-26-27-17)28-10-4-22-14(15-11(10)16(21)24-5-23-15)8-2-3-9(19)12(18)13(8)20/h2-7H,1H3,(H2,21,23,24)(H,25,26,27)/t7-/m1/s1. The molecule has 0 saturated carbocycles. The quantitative estimate of drug-likeness (QED) is 0.501. The van der Waals surface area contributed by atoms with E-state index in [1.54, 1.807) is 6.92 Å². The van der Waals surface area contributed by atoms with E-state index < -0.39 is 22.8 Å². The van der Waals surface area contributed by atoms with Crippen LogP contribution in [0.3, 0.4) is 0 Å². The maximum absolute atomic E-state index is 14.5. The Morgan fingerprint density at radius 2 is 1.96 bits per heavy atom. The number of benzene rings is 1. The SMILES string of the molecule is C[C@@H](Oc1cnc(-c2ccc(F)c(Cl)c2F)c2ncnc(N)c12)c1ncn[nH]1. The summed E-state index contributed by atoms with van der Waals surface area (Å²) in [5, 5.41) is 6.19. The smallest absolute Gasteiger partial charge is 0.165 e. The van der Waals surface area contributed by atoms with E-state index in [4.69, 9.17) is 22.1 Å². The molecule has 3 heterocycles. The highest BCUT2D eigenvalue weighted by atomic mass is 35.5. The predicted molar refractivity (Wildman–Crippen MR) is 97.5 cm³/mol. The topological polar surface area (TPSA) is 115 Å². The number of aromatic amines is 1. The monoisotopic (exact) mass is 403 g/mol. The first-order valence-corrected chi connectivity index (χ1v) is 8.40. The van der Waals surface area contributed by atoms with Gasteiger partial charge in [-0.05, 0) is 19.1 Å². The molecular weight excluding hydrogens is 392 g/mol. The summed E-state index contributed by atoms with van der Waals surface area (Å²) in [5.41, 5.74) is 6.35. The fraction of sp³-hybridized carbons (Fsp3) is 0.118. The lowest BCUT2D eigenvalue weighted by atomic mass is 10.1. The number of rotatable bonds is 4. The second-order valence-corrected chi connectivity index (χ2v) is 6.19. The van der Waals surface area contributed by atoms with E-state index in [9.17, 15) is 8.78 Å². The van der Waals surface area contributed by atoms with Crippen LogP contribution >= 0.6 is 11.6 Å². The van der Waals surface area contributed by atoms with Gasteiger partial charge < -0.3 is 10.5 Å². The number of hydrogen-bond acceptors (Lipinski definition) is 7. The number of halogens is 3. The lowest BCUT2D eigenvalue weighted by Crippen LogP contribution is -2.08. The minimum absolute atomic E-state index is 0.0238. The molecule has 0 amide bonds. The molecular formula is C17H12ClF2N7O. The molecule has 0 aliphatic rings. The van der Waals surface area contributed by atoms with Crippen LogP contribution in [0.4, 0.5) is 14.6 Å². The average Bonchev–Trinajstić information content (AvgIpc) is 3.22. The number of fused-ring (bicyclic) bond motifs is 1. The number of nitrogen functional groups attached to an aromatic ring is 1. The van der Waals surface area contributed by atoms with Gasteiger partial charge in [-0.1, -0.05) is 11.6 Å². The number of nitrogens with zero attached hydrogens (tertiary/aromatic N) is 5. The zero-order chi connectivity index (χ0) is 19.8. The summed E-state index contributed by atoms with van der Waals surface area (Å²) in [6, 6.07) is 2.28. The predicted octanol–water partition coefficient (Wildman–Crippen LogP) is 3.46. The number of H-pyrrole nitrogens is 1. The summed E-state index contributed by atoms with van der Waals surface area (Å²) in [5.74, 6) is -0.945. The molecule has 8 nitrogen and oxygen atoms in total. The molecule has 11 heteroatoms. The number of anilines is 1. The van der Waals surface area contributed by atoms with Gasteiger partial charge >= 0.3 is 0 Å². The molecule has 4 aromatic rings. The number of aromatic nitrogens is 6. The molecule has 0 spiro atoms. The molecule has 0 fully saturated rings. The van der Waals surface area contributed by atoms with Crippen molar-refractivity contribution in [2.24, 2.45) is 0 Å². The van der Waals surface area contributed by atoms with Gasteiger partial charge in [-0.2, -0.15) is 5.10 Å². The summed E-state index contributed by atoms with van der Waals surface area (Å²) >= 11 is 5.70. The molecule has 1 aromatic carbocycles. The first-order valence-electron chi connectivity index (χ1n) is 8.02. The van der Waals surface area contributed by atoms with Gasteiger partial charge in [0.25, 0.3) is 0 Å². The largest absolute Gasteiger partial charge is 0.480 e. The average molecular weight is 404 g/mol. The van der Waals surface area contributed by atoms with Crippen LogP contribution in [0, 0.1) is 11.6 Å². The minimum Gasteiger partial charge on any atom is -0.480 e. The van der Waals surface area contributed by atoms with Crippen LogP contribution in [0.25, 0.3) is 22.2 Å². The van der Waals surface area contributed by atoms with E-state index in [-0.39, 0.29) is 28.3 Å². The Balaban J connectivity index is 1.88. The first kappa shape index (κ1) is 18.0. The van der Waals surface area contributed by atoms with Crippen LogP contribution in [-0.2, 0) is 0 Å². The van der Waals surface area contributed by atoms with E-state index in [2.05, 4.69) is 30.1 Å². The highest BCUT2D eigenvalue weighted by Crippen LogP contribution is 2.37. The van der Waals surface area contributed by atoms with Crippen molar-refractivity contribution in [3.05, 3.63) is 53.5 Å². The van der Waals surface area contributed by atoms with Crippen molar-refractivity contribution in [1.82, 2.24) is 30.1 Å². The van der Waals surface area contributed by atoms with Crippen LogP contribution in [0.5, 0.6) is 5.75 Å². The number of nitrogens with one attached hydrogen (secondary N) is 1. The van der Waals surface area contributed by atoms with Crippen LogP contribution in [0.1, 0.15) is 18.9 Å². The van der Waals surface area contributed by atoms with E-state index in [1.807, 2.05) is 0 Å². The van der Waals surface area contributed by atoms with Gasteiger partial charge in [-0.3, -0.25) is 5.10 Å². The summed E-state index contributed by atoms with van der Waals surface area (Å²) < 4.78 is 33.9. The van der Waals surface area contributed by atoms with Crippen molar-refractivity contribution in [3.63, 3.8) is 0 Å². The van der Waals surface area contributed by atoms with Crippen molar-refractivity contribution in [2.45, 2.75) is 13.0 Å². The van der Waals surface area contributed by atoms with Gasteiger partial charge in [-0.15, -0.1) is 0 Å². The molecule has 3 N–H and O–H groups in total. The Morgan fingerprint density at radius 3 is 2.71 bits per heavy atom. The lowest BCUT2D eigenvalue weighted by Gasteiger charge is -2.16. The van der Waals surface area contributed by atoms with E-state index in [1.165, 1.54) is 24.9 Å². The normalized spacial score (nSPS) is 12.3. The van der Waals surface area contributed by atoms with Crippen LogP contribution < -0.4 is 10.5 Å². The van der Waals surface area contributed by atoms with Crippen LogP contribution in [0.15, 0.2) is 31.0 Å². The maximum atomic E-state index is 14.5. The fourth-order valence-electron chi connectivity index (χ4n) is 2.72. The molecule has 3 aromatic heterocycles. The lowest BCUT2D eigenvalue weighted by molar-refractivity contribution is 0.219. The number of pyridine rings is 1. The van der Waals surface area contributed by atoms with E-state index in [0.717, 1.165) is 6.07 Å². The second-order valence-electron chi connectivity index (χ2n) is 5.81. The van der Waals surface area contributed by atoms with Gasteiger partial charge in [0.1, 0.15) is 34.8 Å². The number of ether oxygens (including phenoxy) is 1. The Hall–Kier alpha value is -3.40. The maximum Gasteiger partial charge on any atom is 0.165 e. The molecule has 0 radical (unpaired) electrons. The van der Waals surface area contributed by atoms with Gasteiger partial charge in [0, 0.05) is 5.56 Å².